The van der Waals surface area contributed by atoms with E-state index in [-0.39, 0.29) is 0 Å². The summed E-state index contributed by atoms with van der Waals surface area (Å²) in [5.41, 5.74) is 7.46. The molecule has 1 aromatic carbocycles. The normalized spacial score (nSPS) is 10.3. The van der Waals surface area contributed by atoms with Crippen LogP contribution in [-0.4, -0.2) is 19.1 Å². The number of ether oxygens (including phenoxy) is 1. The molecule has 1 aromatic heterocycles. The highest BCUT2D eigenvalue weighted by molar-refractivity contribution is 6.31. The topological polar surface area (TPSA) is 51.4 Å². The van der Waals surface area contributed by atoms with Gasteiger partial charge >= 0.3 is 0 Å². The maximum absolute atomic E-state index is 6.12. The summed E-state index contributed by atoms with van der Waals surface area (Å²) in [6.45, 7) is 0.580. The predicted molar refractivity (Wildman–Crippen MR) is 78.8 cm³/mol. The van der Waals surface area contributed by atoms with Crippen LogP contribution < -0.4 is 15.4 Å². The molecule has 0 aliphatic carbocycles. The molecule has 0 fully saturated rings. The van der Waals surface area contributed by atoms with E-state index >= 15 is 0 Å². The Morgan fingerprint density at radius 2 is 2.11 bits per heavy atom. The molecule has 0 saturated heterocycles. The standard InChI is InChI=1S/C14H16ClN3O/c1-18(10-4-3-5-11(8-10)19-2)9-13-12(15)6-7-14(16)17-13/h3-8H,9H2,1-2H3,(H2,16,17). The molecule has 1 heterocycles. The smallest absolute Gasteiger partial charge is 0.123 e. The van der Waals surface area contributed by atoms with Gasteiger partial charge in [-0.05, 0) is 24.3 Å². The van der Waals surface area contributed by atoms with E-state index in [1.807, 2.05) is 36.2 Å². The third kappa shape index (κ3) is 3.29. The Morgan fingerprint density at radius 3 is 2.84 bits per heavy atom. The van der Waals surface area contributed by atoms with E-state index in [4.69, 9.17) is 22.1 Å². The van der Waals surface area contributed by atoms with E-state index < -0.39 is 0 Å². The Kier molecular flexibility index (Phi) is 4.12. The molecule has 0 aliphatic heterocycles. The minimum absolute atomic E-state index is 0.471. The first-order chi connectivity index (χ1) is 9.10. The lowest BCUT2D eigenvalue weighted by Crippen LogP contribution is -2.17. The molecule has 100 valence electrons. The minimum Gasteiger partial charge on any atom is -0.497 e. The van der Waals surface area contributed by atoms with Crippen LogP contribution in [0.4, 0.5) is 11.5 Å². The van der Waals surface area contributed by atoms with Crippen molar-refractivity contribution in [1.29, 1.82) is 0 Å². The zero-order chi connectivity index (χ0) is 13.8. The van der Waals surface area contributed by atoms with Crippen molar-refractivity contribution in [3.05, 3.63) is 47.1 Å². The first-order valence-electron chi connectivity index (χ1n) is 5.86. The third-order valence-corrected chi connectivity index (χ3v) is 3.17. The van der Waals surface area contributed by atoms with Gasteiger partial charge in [0.25, 0.3) is 0 Å². The van der Waals surface area contributed by atoms with Crippen molar-refractivity contribution in [3.63, 3.8) is 0 Å². The van der Waals surface area contributed by atoms with Crippen molar-refractivity contribution in [2.45, 2.75) is 6.54 Å². The van der Waals surface area contributed by atoms with Gasteiger partial charge in [-0.3, -0.25) is 0 Å². The van der Waals surface area contributed by atoms with Crippen molar-refractivity contribution in [3.8, 4) is 5.75 Å². The second-order valence-corrected chi connectivity index (χ2v) is 4.63. The molecule has 0 saturated carbocycles. The molecule has 2 rings (SSSR count). The molecule has 2 N–H and O–H groups in total. The number of pyridine rings is 1. The number of halogens is 1. The Labute approximate surface area is 117 Å². The summed E-state index contributed by atoms with van der Waals surface area (Å²) in [6, 6.07) is 11.3. The van der Waals surface area contributed by atoms with Gasteiger partial charge in [-0.1, -0.05) is 17.7 Å². The van der Waals surface area contributed by atoms with E-state index in [0.29, 0.717) is 17.4 Å². The molecule has 0 aliphatic rings. The maximum Gasteiger partial charge on any atom is 0.123 e. The monoisotopic (exact) mass is 277 g/mol. The van der Waals surface area contributed by atoms with Crippen LogP contribution >= 0.6 is 11.6 Å². The van der Waals surface area contributed by atoms with Gasteiger partial charge in [-0.25, -0.2) is 4.98 Å². The van der Waals surface area contributed by atoms with E-state index in [1.54, 1.807) is 19.2 Å². The molecule has 0 atom stereocenters. The average Bonchev–Trinajstić information content (AvgIpc) is 2.43. The van der Waals surface area contributed by atoms with Crippen molar-refractivity contribution < 1.29 is 4.74 Å². The van der Waals surface area contributed by atoms with Gasteiger partial charge in [0.05, 0.1) is 24.4 Å². The molecule has 0 spiro atoms. The van der Waals surface area contributed by atoms with Crippen molar-refractivity contribution in [2.75, 3.05) is 24.8 Å². The molecule has 0 bridgehead atoms. The average molecular weight is 278 g/mol. The van der Waals surface area contributed by atoms with Gasteiger partial charge in [0, 0.05) is 18.8 Å². The van der Waals surface area contributed by atoms with Crippen LogP contribution in [0.2, 0.25) is 5.02 Å². The number of aromatic nitrogens is 1. The summed E-state index contributed by atoms with van der Waals surface area (Å²) in [4.78, 5) is 6.29. The molecular weight excluding hydrogens is 262 g/mol. The molecule has 4 nitrogen and oxygen atoms in total. The summed E-state index contributed by atoms with van der Waals surface area (Å²) in [5.74, 6) is 1.29. The Balaban J connectivity index is 2.20. The van der Waals surface area contributed by atoms with Crippen LogP contribution in [0.3, 0.4) is 0 Å². The van der Waals surface area contributed by atoms with Crippen LogP contribution in [0, 0.1) is 0 Å². The van der Waals surface area contributed by atoms with Crippen LogP contribution in [0.5, 0.6) is 5.75 Å². The number of benzene rings is 1. The second kappa shape index (κ2) is 5.80. The Hall–Kier alpha value is -1.94. The third-order valence-electron chi connectivity index (χ3n) is 2.82. The first-order valence-corrected chi connectivity index (χ1v) is 6.24. The van der Waals surface area contributed by atoms with Gasteiger partial charge in [0.15, 0.2) is 0 Å². The van der Waals surface area contributed by atoms with Crippen LogP contribution in [0.1, 0.15) is 5.69 Å². The lowest BCUT2D eigenvalue weighted by atomic mass is 10.2. The number of rotatable bonds is 4. The van der Waals surface area contributed by atoms with Gasteiger partial charge in [0.2, 0.25) is 0 Å². The second-order valence-electron chi connectivity index (χ2n) is 4.22. The maximum atomic E-state index is 6.12. The van der Waals surface area contributed by atoms with E-state index in [2.05, 4.69) is 4.98 Å². The lowest BCUT2D eigenvalue weighted by molar-refractivity contribution is 0.415. The number of methoxy groups -OCH3 is 1. The molecule has 19 heavy (non-hydrogen) atoms. The van der Waals surface area contributed by atoms with Gasteiger partial charge < -0.3 is 15.4 Å². The van der Waals surface area contributed by atoms with Crippen LogP contribution in [0.15, 0.2) is 36.4 Å². The van der Waals surface area contributed by atoms with E-state index in [1.165, 1.54) is 0 Å². The number of hydrogen-bond acceptors (Lipinski definition) is 4. The molecule has 0 unspecified atom stereocenters. The lowest BCUT2D eigenvalue weighted by Gasteiger charge is -2.20. The van der Waals surface area contributed by atoms with Crippen molar-refractivity contribution in [1.82, 2.24) is 4.98 Å². The number of nitrogens with zero attached hydrogens (tertiary/aromatic N) is 2. The zero-order valence-electron chi connectivity index (χ0n) is 10.9. The summed E-state index contributed by atoms with van der Waals surface area (Å²) in [5, 5.41) is 0.615. The van der Waals surface area contributed by atoms with Gasteiger partial charge in [0.1, 0.15) is 11.6 Å². The van der Waals surface area contributed by atoms with Crippen molar-refractivity contribution >= 4 is 23.1 Å². The van der Waals surface area contributed by atoms with Gasteiger partial charge in [-0.2, -0.15) is 0 Å². The predicted octanol–water partition coefficient (Wildman–Crippen LogP) is 2.96. The number of nitrogen functional groups attached to an aromatic ring is 1. The fourth-order valence-corrected chi connectivity index (χ4v) is 1.94. The number of anilines is 2. The SMILES string of the molecule is COc1cccc(N(C)Cc2nc(N)ccc2Cl)c1. The summed E-state index contributed by atoms with van der Waals surface area (Å²) < 4.78 is 5.21. The zero-order valence-corrected chi connectivity index (χ0v) is 11.7. The first kappa shape index (κ1) is 13.5. The molecule has 0 radical (unpaired) electrons. The summed E-state index contributed by atoms with van der Waals surface area (Å²) >= 11 is 6.12. The molecule has 0 amide bonds. The quantitative estimate of drug-likeness (QED) is 0.933. The van der Waals surface area contributed by atoms with Crippen LogP contribution in [-0.2, 0) is 6.54 Å². The summed E-state index contributed by atoms with van der Waals surface area (Å²) in [6.07, 6.45) is 0. The summed E-state index contributed by atoms with van der Waals surface area (Å²) in [7, 11) is 3.62. The Morgan fingerprint density at radius 1 is 1.32 bits per heavy atom. The number of hydrogen-bond donors (Lipinski definition) is 1. The largest absolute Gasteiger partial charge is 0.497 e. The number of nitrogens with two attached hydrogens (primary N) is 1. The molecular formula is C14H16ClN3O. The Bertz CT molecular complexity index is 574. The van der Waals surface area contributed by atoms with Crippen LogP contribution in [0.25, 0.3) is 0 Å². The highest BCUT2D eigenvalue weighted by atomic mass is 35.5. The van der Waals surface area contributed by atoms with E-state index in [0.717, 1.165) is 17.1 Å². The fraction of sp³-hybridized carbons (Fsp3) is 0.214. The molecule has 5 heteroatoms. The fourth-order valence-electron chi connectivity index (χ4n) is 1.78. The highest BCUT2D eigenvalue weighted by Crippen LogP contribution is 2.23. The van der Waals surface area contributed by atoms with E-state index in [9.17, 15) is 0 Å². The van der Waals surface area contributed by atoms with Crippen molar-refractivity contribution in [2.24, 2.45) is 0 Å². The highest BCUT2D eigenvalue weighted by Gasteiger charge is 2.08. The molecule has 2 aromatic rings. The minimum atomic E-state index is 0.471. The van der Waals surface area contributed by atoms with Gasteiger partial charge in [-0.15, -0.1) is 0 Å².